The number of hydrogen-bond acceptors (Lipinski definition) is 2. The Labute approximate surface area is 73.6 Å². The van der Waals surface area contributed by atoms with Crippen LogP contribution in [0.3, 0.4) is 0 Å². The van der Waals surface area contributed by atoms with Crippen LogP contribution in [0.25, 0.3) is 0 Å². The Balaban J connectivity index is 2.81. The van der Waals surface area contributed by atoms with Gasteiger partial charge in [0.1, 0.15) is 0 Å². The van der Waals surface area contributed by atoms with E-state index in [9.17, 15) is 0 Å². The molecule has 0 atom stereocenters. The van der Waals surface area contributed by atoms with Gasteiger partial charge in [-0.2, -0.15) is 5.10 Å². The van der Waals surface area contributed by atoms with Crippen molar-refractivity contribution >= 4 is 0 Å². The molecule has 0 aromatic carbocycles. The fraction of sp³-hybridized carbons (Fsp3) is 0.667. The van der Waals surface area contributed by atoms with Gasteiger partial charge in [-0.05, 0) is 23.9 Å². The molecule has 3 heteroatoms. The average Bonchev–Trinajstić information content (AvgIpc) is 2.36. The van der Waals surface area contributed by atoms with Gasteiger partial charge in [-0.3, -0.25) is 4.68 Å². The molecular formula is C9H17N3. The quantitative estimate of drug-likeness (QED) is 0.731. The number of aryl methyl sites for hydroxylation is 1. The van der Waals surface area contributed by atoms with Crippen LogP contribution in [0, 0.1) is 0 Å². The highest BCUT2D eigenvalue weighted by molar-refractivity contribution is 5.16. The van der Waals surface area contributed by atoms with E-state index in [2.05, 4.69) is 25.1 Å². The van der Waals surface area contributed by atoms with Crippen molar-refractivity contribution in [3.63, 3.8) is 0 Å². The monoisotopic (exact) mass is 167 g/mol. The lowest BCUT2D eigenvalue weighted by Gasteiger charge is -2.21. The van der Waals surface area contributed by atoms with Crippen molar-refractivity contribution in [1.29, 1.82) is 0 Å². The van der Waals surface area contributed by atoms with E-state index < -0.39 is 0 Å². The Morgan fingerprint density at radius 1 is 1.58 bits per heavy atom. The molecule has 0 unspecified atom stereocenters. The Bertz CT molecular complexity index is 250. The van der Waals surface area contributed by atoms with Gasteiger partial charge in [-0.25, -0.2) is 0 Å². The van der Waals surface area contributed by atoms with Crippen LogP contribution in [0.4, 0.5) is 0 Å². The van der Waals surface area contributed by atoms with Crippen molar-refractivity contribution in [3.05, 3.63) is 18.0 Å². The molecule has 0 bridgehead atoms. The first-order valence-electron chi connectivity index (χ1n) is 4.25. The lowest BCUT2D eigenvalue weighted by molar-refractivity contribution is 0.487. The lowest BCUT2D eigenvalue weighted by atomic mass is 9.84. The molecule has 0 saturated heterocycles. The van der Waals surface area contributed by atoms with Crippen LogP contribution in [0.2, 0.25) is 0 Å². The molecule has 3 nitrogen and oxygen atoms in total. The molecule has 1 rings (SSSR count). The molecule has 0 amide bonds. The summed E-state index contributed by atoms with van der Waals surface area (Å²) in [6, 6.07) is 0. The van der Waals surface area contributed by atoms with Gasteiger partial charge in [0, 0.05) is 13.2 Å². The summed E-state index contributed by atoms with van der Waals surface area (Å²) in [5.74, 6) is 0. The van der Waals surface area contributed by atoms with Gasteiger partial charge >= 0.3 is 0 Å². The van der Waals surface area contributed by atoms with Crippen molar-refractivity contribution in [2.24, 2.45) is 12.8 Å². The van der Waals surface area contributed by atoms with Crippen LogP contribution >= 0.6 is 0 Å². The summed E-state index contributed by atoms with van der Waals surface area (Å²) >= 11 is 0. The number of hydrogen-bond donors (Lipinski definition) is 1. The van der Waals surface area contributed by atoms with Crippen LogP contribution in [-0.4, -0.2) is 16.3 Å². The number of rotatable bonds is 3. The van der Waals surface area contributed by atoms with E-state index in [1.807, 2.05) is 17.9 Å². The Kier molecular flexibility index (Phi) is 2.52. The largest absolute Gasteiger partial charge is 0.330 e. The minimum absolute atomic E-state index is 0.156. The summed E-state index contributed by atoms with van der Waals surface area (Å²) < 4.78 is 1.83. The van der Waals surface area contributed by atoms with Gasteiger partial charge in [0.2, 0.25) is 0 Å². The second kappa shape index (κ2) is 3.27. The summed E-state index contributed by atoms with van der Waals surface area (Å²) in [6.45, 7) is 5.11. The van der Waals surface area contributed by atoms with Gasteiger partial charge in [0.25, 0.3) is 0 Å². The molecule has 2 N–H and O–H groups in total. The number of nitrogens with two attached hydrogens (primary N) is 1. The number of nitrogens with zero attached hydrogens (tertiary/aromatic N) is 2. The SMILES string of the molecule is Cn1cc(C(C)(C)CCN)cn1. The molecule has 1 aromatic rings. The molecule has 1 heterocycles. The van der Waals surface area contributed by atoms with Gasteiger partial charge in [0.05, 0.1) is 6.20 Å². The molecule has 0 aliphatic carbocycles. The van der Waals surface area contributed by atoms with E-state index in [1.165, 1.54) is 5.56 Å². The molecule has 0 fully saturated rings. The normalized spacial score (nSPS) is 12.0. The van der Waals surface area contributed by atoms with Crippen molar-refractivity contribution in [2.45, 2.75) is 25.7 Å². The maximum Gasteiger partial charge on any atom is 0.0527 e. The zero-order chi connectivity index (χ0) is 9.19. The second-order valence-electron chi connectivity index (χ2n) is 3.83. The third-order valence-electron chi connectivity index (χ3n) is 2.26. The summed E-state index contributed by atoms with van der Waals surface area (Å²) in [5.41, 5.74) is 6.95. The fourth-order valence-corrected chi connectivity index (χ4v) is 1.28. The predicted molar refractivity (Wildman–Crippen MR) is 49.9 cm³/mol. The third kappa shape index (κ3) is 1.85. The fourth-order valence-electron chi connectivity index (χ4n) is 1.28. The van der Waals surface area contributed by atoms with Gasteiger partial charge in [-0.1, -0.05) is 13.8 Å². The predicted octanol–water partition coefficient (Wildman–Crippen LogP) is 1.05. The molecule has 1 aromatic heterocycles. The summed E-state index contributed by atoms with van der Waals surface area (Å²) in [5, 5.41) is 4.14. The molecule has 0 aliphatic heterocycles. The lowest BCUT2D eigenvalue weighted by Crippen LogP contribution is -2.21. The molecule has 0 saturated carbocycles. The Hall–Kier alpha value is -0.830. The first-order valence-corrected chi connectivity index (χ1v) is 4.25. The molecule has 68 valence electrons. The molecule has 12 heavy (non-hydrogen) atoms. The average molecular weight is 167 g/mol. The van der Waals surface area contributed by atoms with E-state index in [1.54, 1.807) is 0 Å². The first-order chi connectivity index (χ1) is 5.56. The maximum atomic E-state index is 5.53. The Morgan fingerprint density at radius 2 is 2.25 bits per heavy atom. The van der Waals surface area contributed by atoms with Gasteiger partial charge in [-0.15, -0.1) is 0 Å². The first kappa shape index (κ1) is 9.26. The van der Waals surface area contributed by atoms with E-state index >= 15 is 0 Å². The third-order valence-corrected chi connectivity index (χ3v) is 2.26. The van der Waals surface area contributed by atoms with Gasteiger partial charge < -0.3 is 5.73 Å². The van der Waals surface area contributed by atoms with Crippen LogP contribution in [0.5, 0.6) is 0 Å². The van der Waals surface area contributed by atoms with Crippen molar-refractivity contribution < 1.29 is 0 Å². The maximum absolute atomic E-state index is 5.53. The van der Waals surface area contributed by atoms with Crippen molar-refractivity contribution in [1.82, 2.24) is 9.78 Å². The van der Waals surface area contributed by atoms with Crippen LogP contribution in [0.1, 0.15) is 25.8 Å². The molecular weight excluding hydrogens is 150 g/mol. The van der Waals surface area contributed by atoms with E-state index in [4.69, 9.17) is 5.73 Å². The highest BCUT2D eigenvalue weighted by Crippen LogP contribution is 2.25. The minimum Gasteiger partial charge on any atom is -0.330 e. The van der Waals surface area contributed by atoms with Crippen LogP contribution < -0.4 is 5.73 Å². The van der Waals surface area contributed by atoms with E-state index in [0.717, 1.165) is 13.0 Å². The van der Waals surface area contributed by atoms with Crippen molar-refractivity contribution in [2.75, 3.05) is 6.54 Å². The summed E-state index contributed by atoms with van der Waals surface area (Å²) in [6.07, 6.45) is 4.96. The molecule has 0 spiro atoms. The van der Waals surface area contributed by atoms with Crippen LogP contribution in [-0.2, 0) is 12.5 Å². The van der Waals surface area contributed by atoms with E-state index in [0.29, 0.717) is 0 Å². The summed E-state index contributed by atoms with van der Waals surface area (Å²) in [4.78, 5) is 0. The Morgan fingerprint density at radius 3 is 2.67 bits per heavy atom. The zero-order valence-corrected chi connectivity index (χ0v) is 8.04. The number of aromatic nitrogens is 2. The summed E-state index contributed by atoms with van der Waals surface area (Å²) in [7, 11) is 1.93. The highest BCUT2D eigenvalue weighted by Gasteiger charge is 2.20. The topological polar surface area (TPSA) is 43.8 Å². The van der Waals surface area contributed by atoms with Crippen LogP contribution in [0.15, 0.2) is 12.4 Å². The standard InChI is InChI=1S/C9H17N3/c1-9(2,4-5-10)8-6-11-12(3)7-8/h6-7H,4-5,10H2,1-3H3. The second-order valence-corrected chi connectivity index (χ2v) is 3.83. The van der Waals surface area contributed by atoms with Crippen molar-refractivity contribution in [3.8, 4) is 0 Å². The minimum atomic E-state index is 0.156. The van der Waals surface area contributed by atoms with Gasteiger partial charge in [0.15, 0.2) is 0 Å². The molecule has 0 radical (unpaired) electrons. The highest BCUT2D eigenvalue weighted by atomic mass is 15.2. The zero-order valence-electron chi connectivity index (χ0n) is 8.04. The van der Waals surface area contributed by atoms with E-state index in [-0.39, 0.29) is 5.41 Å². The molecule has 0 aliphatic rings. The smallest absolute Gasteiger partial charge is 0.0527 e.